The number of hydrogen-bond donors (Lipinski definition) is 3. The van der Waals surface area contributed by atoms with Crippen LogP contribution >= 0.6 is 0 Å². The lowest BCUT2D eigenvalue weighted by molar-refractivity contribution is -1.20. The first-order chi connectivity index (χ1) is 7.52. The topological polar surface area (TPSA) is 111 Å². The Balaban J connectivity index is 2.86. The maximum atomic E-state index is 11.4. The van der Waals surface area contributed by atoms with Crippen molar-refractivity contribution in [3.63, 3.8) is 0 Å². The number of benzene rings is 1. The fourth-order valence-corrected chi connectivity index (χ4v) is 1.12. The number of hydrogen-bond acceptors (Lipinski definition) is 5. The van der Waals surface area contributed by atoms with Crippen LogP contribution in [-0.2, 0) is 4.84 Å². The van der Waals surface area contributed by atoms with Gasteiger partial charge in [0, 0.05) is 5.56 Å². The van der Waals surface area contributed by atoms with E-state index in [1.165, 1.54) is 24.3 Å². The molecule has 3 N–H and O–H groups in total. The number of carbonyl (C=O) groups is 2. The van der Waals surface area contributed by atoms with Crippen molar-refractivity contribution in [2.75, 3.05) is 6.61 Å². The highest BCUT2D eigenvalue weighted by molar-refractivity contribution is 6.06. The number of carboxylic acid groups (broad SMARTS) is 1. The van der Waals surface area contributed by atoms with Crippen molar-refractivity contribution in [1.29, 1.82) is 0 Å². The molecule has 1 aromatic carbocycles. The third-order valence-corrected chi connectivity index (χ3v) is 1.78. The highest BCUT2D eigenvalue weighted by Gasteiger charge is 2.16. The molecule has 0 aromatic heterocycles. The Morgan fingerprint density at radius 2 is 1.88 bits per heavy atom. The minimum Gasteiger partial charge on any atom is -0.566 e. The lowest BCUT2D eigenvalue weighted by Gasteiger charge is -2.10. The van der Waals surface area contributed by atoms with Crippen LogP contribution in [-0.4, -0.2) is 28.7 Å². The van der Waals surface area contributed by atoms with Crippen LogP contribution in [0.25, 0.3) is 0 Å². The molecular weight excluding hydrogens is 218 g/mol. The average Bonchev–Trinajstić information content (AvgIpc) is 2.25. The van der Waals surface area contributed by atoms with Crippen LogP contribution in [0.3, 0.4) is 0 Å². The number of quaternary nitrogens is 1. The highest BCUT2D eigenvalue weighted by Crippen LogP contribution is 2.09. The first kappa shape index (κ1) is 12.3. The normalized spacial score (nSPS) is 12.1. The van der Waals surface area contributed by atoms with E-state index in [1.807, 2.05) is 0 Å². The van der Waals surface area contributed by atoms with E-state index < -0.39 is 23.7 Å². The third-order valence-electron chi connectivity index (χ3n) is 1.78. The molecule has 1 rings (SSSR count). The Morgan fingerprint density at radius 3 is 2.38 bits per heavy atom. The molecule has 0 radical (unpaired) electrons. The number of carbonyl (C=O) groups excluding carboxylic acids is 1. The van der Waals surface area contributed by atoms with Crippen molar-refractivity contribution < 1.29 is 30.1 Å². The van der Waals surface area contributed by atoms with Gasteiger partial charge in [0.2, 0.25) is 0 Å². The van der Waals surface area contributed by atoms with Gasteiger partial charge in [0.25, 0.3) is 0 Å². The zero-order chi connectivity index (χ0) is 12.1. The fourth-order valence-electron chi connectivity index (χ4n) is 1.12. The van der Waals surface area contributed by atoms with Gasteiger partial charge in [0.1, 0.15) is 0 Å². The maximum Gasteiger partial charge on any atom is 0.336 e. The fraction of sp³-hybridized carbons (Fsp3) is 0.111. The van der Waals surface area contributed by atoms with Crippen LogP contribution in [0.1, 0.15) is 20.7 Å². The number of aromatic carboxylic acids is 1. The van der Waals surface area contributed by atoms with Crippen LogP contribution in [0.5, 0.6) is 0 Å². The van der Waals surface area contributed by atoms with Gasteiger partial charge in [0.15, 0.2) is 12.4 Å². The monoisotopic (exact) mass is 227 g/mol. The van der Waals surface area contributed by atoms with Crippen LogP contribution in [0, 0.1) is 5.21 Å². The number of ketones is 1. The van der Waals surface area contributed by atoms with Crippen LogP contribution in [0.4, 0.5) is 0 Å². The van der Waals surface area contributed by atoms with E-state index in [2.05, 4.69) is 4.84 Å². The maximum absolute atomic E-state index is 11.4. The minimum atomic E-state index is -1.58. The minimum absolute atomic E-state index is 0.0729. The molecule has 0 bridgehead atoms. The number of Topliss-reactive ketones (excluding diaryl/α,β-unsaturated/α-hetero) is 1. The molecule has 0 fully saturated rings. The molecule has 7 nitrogen and oxygen atoms in total. The summed E-state index contributed by atoms with van der Waals surface area (Å²) in [7, 11) is 0. The van der Waals surface area contributed by atoms with Gasteiger partial charge in [-0.2, -0.15) is 10.0 Å². The Hall–Kier alpha value is -1.80. The zero-order valence-corrected chi connectivity index (χ0v) is 8.04. The second-order valence-corrected chi connectivity index (χ2v) is 2.83. The van der Waals surface area contributed by atoms with E-state index >= 15 is 0 Å². The molecule has 0 aliphatic carbocycles. The van der Waals surface area contributed by atoms with E-state index in [0.29, 0.717) is 0 Å². The van der Waals surface area contributed by atoms with Gasteiger partial charge in [-0.15, -0.1) is 0 Å². The number of nitrogens with one attached hydrogen (secondary N) is 1. The second-order valence-electron chi connectivity index (χ2n) is 2.83. The standard InChI is InChI=1S/C9H9NO6/c11-8(5-16-10(14)15)6-3-1-2-4-7(6)9(12)13/h1-4,10,14H,5H2,(H,12,13). The van der Waals surface area contributed by atoms with Crippen molar-refractivity contribution in [2.24, 2.45) is 0 Å². The predicted molar refractivity (Wildman–Crippen MR) is 49.8 cm³/mol. The van der Waals surface area contributed by atoms with E-state index in [1.54, 1.807) is 0 Å². The largest absolute Gasteiger partial charge is 0.566 e. The average molecular weight is 227 g/mol. The molecule has 0 spiro atoms. The van der Waals surface area contributed by atoms with Gasteiger partial charge in [-0.25, -0.2) is 4.79 Å². The molecule has 1 atom stereocenters. The summed E-state index contributed by atoms with van der Waals surface area (Å²) in [6.07, 6.45) is 0. The van der Waals surface area contributed by atoms with Crippen LogP contribution in [0.15, 0.2) is 24.3 Å². The SMILES string of the molecule is O=C(O)c1ccccc1C(=O)CO[NH+]([O-])O. The first-order valence-electron chi connectivity index (χ1n) is 4.23. The molecule has 0 aliphatic rings. The highest BCUT2D eigenvalue weighted by atomic mass is 17.1. The summed E-state index contributed by atoms with van der Waals surface area (Å²) in [5, 5.41) is 25.5. The molecule has 1 unspecified atom stereocenters. The summed E-state index contributed by atoms with van der Waals surface area (Å²) in [6, 6.07) is 5.52. The number of carboxylic acids is 1. The van der Waals surface area contributed by atoms with Crippen molar-refractivity contribution in [3.8, 4) is 0 Å². The lowest BCUT2D eigenvalue weighted by atomic mass is 10.0. The molecule has 7 heteroatoms. The Kier molecular flexibility index (Phi) is 4.09. The van der Waals surface area contributed by atoms with Gasteiger partial charge in [-0.1, -0.05) is 23.6 Å². The van der Waals surface area contributed by atoms with Crippen molar-refractivity contribution >= 4 is 11.8 Å². The molecule has 0 amide bonds. The lowest BCUT2D eigenvalue weighted by Crippen LogP contribution is -3.03. The van der Waals surface area contributed by atoms with Crippen molar-refractivity contribution in [3.05, 3.63) is 40.6 Å². The molecule has 86 valence electrons. The van der Waals surface area contributed by atoms with Crippen molar-refractivity contribution in [2.45, 2.75) is 0 Å². The smallest absolute Gasteiger partial charge is 0.336 e. The molecule has 1 aromatic rings. The third kappa shape index (κ3) is 3.11. The van der Waals surface area contributed by atoms with E-state index in [0.717, 1.165) is 0 Å². The van der Waals surface area contributed by atoms with Gasteiger partial charge >= 0.3 is 5.97 Å². The van der Waals surface area contributed by atoms with Gasteiger partial charge in [-0.05, 0) is 6.07 Å². The van der Waals surface area contributed by atoms with E-state index in [9.17, 15) is 14.8 Å². The summed E-state index contributed by atoms with van der Waals surface area (Å²) in [4.78, 5) is 26.2. The summed E-state index contributed by atoms with van der Waals surface area (Å²) in [5.74, 6) is -1.94. The molecule has 0 saturated carbocycles. The number of rotatable bonds is 5. The van der Waals surface area contributed by atoms with Crippen molar-refractivity contribution in [1.82, 2.24) is 0 Å². The summed E-state index contributed by atoms with van der Waals surface area (Å²) in [5.41, 5.74) is -0.252. The summed E-state index contributed by atoms with van der Waals surface area (Å²) < 4.78 is 0. The van der Waals surface area contributed by atoms with Gasteiger partial charge < -0.3 is 10.3 Å². The molecule has 0 aliphatic heterocycles. The molecule has 16 heavy (non-hydrogen) atoms. The van der Waals surface area contributed by atoms with Gasteiger partial charge in [-0.3, -0.25) is 4.79 Å². The van der Waals surface area contributed by atoms with Crippen LogP contribution < -0.4 is 5.39 Å². The Morgan fingerprint density at radius 1 is 1.31 bits per heavy atom. The summed E-state index contributed by atoms with van der Waals surface area (Å²) in [6.45, 7) is -0.695. The zero-order valence-electron chi connectivity index (χ0n) is 8.04. The first-order valence-corrected chi connectivity index (χ1v) is 4.23. The predicted octanol–water partition coefficient (Wildman–Crippen LogP) is -0.729. The molecule has 0 saturated heterocycles. The Bertz CT molecular complexity index is 403. The quantitative estimate of drug-likeness (QED) is 0.451. The second kappa shape index (κ2) is 5.33. The molecular formula is C9H9NO6. The van der Waals surface area contributed by atoms with Crippen LogP contribution in [0.2, 0.25) is 0 Å². The van der Waals surface area contributed by atoms with Gasteiger partial charge in [0.05, 0.1) is 5.56 Å². The molecule has 0 heterocycles. The van der Waals surface area contributed by atoms with E-state index in [-0.39, 0.29) is 11.1 Å². The van der Waals surface area contributed by atoms with E-state index in [4.69, 9.17) is 10.3 Å². The summed E-state index contributed by atoms with van der Waals surface area (Å²) >= 11 is 0. The Labute approximate surface area is 90.0 Å².